The van der Waals surface area contributed by atoms with E-state index >= 15 is 0 Å². The van der Waals surface area contributed by atoms with Gasteiger partial charge in [-0.05, 0) is 30.7 Å². The van der Waals surface area contributed by atoms with Crippen LogP contribution in [0.25, 0.3) is 11.0 Å². The number of thiazole rings is 1. The average molecular weight is 457 g/mol. The van der Waals surface area contributed by atoms with Crippen molar-refractivity contribution in [3.05, 3.63) is 60.0 Å². The van der Waals surface area contributed by atoms with Gasteiger partial charge in [0.1, 0.15) is 4.21 Å². The molecule has 3 aromatic heterocycles. The Kier molecular flexibility index (Phi) is 5.70. The standard InChI is InChI=1S/C20H20N6O3S2/c1-3-26(2)20-23-12-17(30-20)31(28,29)16-6-4-13(5-7-16)9-22-19(27)15-8-14-11-24-25-18(14)21-10-15/h4-8,10-12H,3,9H2,1-2H3,(H,22,27)(H,21,24,25). The maximum atomic E-state index is 12.9. The molecule has 0 radical (unpaired) electrons. The fourth-order valence-electron chi connectivity index (χ4n) is 2.83. The summed E-state index contributed by atoms with van der Waals surface area (Å²) < 4.78 is 25.9. The van der Waals surface area contributed by atoms with Gasteiger partial charge >= 0.3 is 0 Å². The Morgan fingerprint density at radius 1 is 1.16 bits per heavy atom. The Morgan fingerprint density at radius 2 is 1.94 bits per heavy atom. The number of H-pyrrole nitrogens is 1. The summed E-state index contributed by atoms with van der Waals surface area (Å²) in [5, 5.41) is 10.8. The van der Waals surface area contributed by atoms with Crippen LogP contribution in [0.1, 0.15) is 22.8 Å². The highest BCUT2D eigenvalue weighted by Gasteiger charge is 2.21. The van der Waals surface area contributed by atoms with Crippen LogP contribution in [0.15, 0.2) is 58.0 Å². The predicted octanol–water partition coefficient (Wildman–Crippen LogP) is 2.63. The summed E-state index contributed by atoms with van der Waals surface area (Å²) in [4.78, 5) is 22.8. The number of carbonyl (C=O) groups excluding carboxylic acids is 1. The zero-order valence-electron chi connectivity index (χ0n) is 16.9. The van der Waals surface area contributed by atoms with E-state index in [1.807, 2.05) is 18.9 Å². The SMILES string of the molecule is CCN(C)c1ncc(S(=O)(=O)c2ccc(CNC(=O)c3cnc4[nH]ncc4c3)cc2)s1. The van der Waals surface area contributed by atoms with Crippen LogP contribution in [-0.2, 0) is 16.4 Å². The number of rotatable bonds is 7. The van der Waals surface area contributed by atoms with E-state index in [1.165, 1.54) is 12.4 Å². The second-order valence-corrected chi connectivity index (χ2v) is 10.0. The smallest absolute Gasteiger partial charge is 0.253 e. The van der Waals surface area contributed by atoms with Crippen molar-refractivity contribution in [2.75, 3.05) is 18.5 Å². The normalized spacial score (nSPS) is 11.5. The molecule has 0 saturated carbocycles. The van der Waals surface area contributed by atoms with E-state index in [0.29, 0.717) is 16.3 Å². The zero-order chi connectivity index (χ0) is 22.0. The largest absolute Gasteiger partial charge is 0.351 e. The Hall–Kier alpha value is -3.31. The summed E-state index contributed by atoms with van der Waals surface area (Å²) >= 11 is 1.14. The number of hydrogen-bond acceptors (Lipinski definition) is 8. The van der Waals surface area contributed by atoms with Gasteiger partial charge in [0, 0.05) is 31.7 Å². The lowest BCUT2D eigenvalue weighted by molar-refractivity contribution is 0.0950. The van der Waals surface area contributed by atoms with E-state index in [0.717, 1.165) is 28.8 Å². The molecule has 0 aliphatic carbocycles. The van der Waals surface area contributed by atoms with Gasteiger partial charge in [0.25, 0.3) is 5.91 Å². The number of sulfone groups is 1. The molecule has 0 fully saturated rings. The molecule has 0 aliphatic heterocycles. The van der Waals surface area contributed by atoms with Crippen molar-refractivity contribution in [2.24, 2.45) is 0 Å². The highest BCUT2D eigenvalue weighted by molar-refractivity contribution is 7.93. The third-order valence-corrected chi connectivity index (χ3v) is 8.12. The molecule has 1 aromatic carbocycles. The van der Waals surface area contributed by atoms with Crippen molar-refractivity contribution in [1.29, 1.82) is 0 Å². The maximum Gasteiger partial charge on any atom is 0.253 e. The van der Waals surface area contributed by atoms with E-state index in [2.05, 4.69) is 25.5 Å². The molecule has 1 amide bonds. The molecule has 0 spiro atoms. The topological polar surface area (TPSA) is 121 Å². The number of fused-ring (bicyclic) bond motifs is 1. The molecule has 160 valence electrons. The maximum absolute atomic E-state index is 12.9. The number of aromatic amines is 1. The molecular formula is C20H20N6O3S2. The third-order valence-electron chi connectivity index (χ3n) is 4.78. The van der Waals surface area contributed by atoms with Gasteiger partial charge in [-0.2, -0.15) is 5.10 Å². The minimum absolute atomic E-state index is 0.187. The van der Waals surface area contributed by atoms with Crippen LogP contribution in [0, 0.1) is 0 Å². The molecule has 0 bridgehead atoms. The lowest BCUT2D eigenvalue weighted by atomic mass is 10.2. The molecule has 4 aromatic rings. The predicted molar refractivity (Wildman–Crippen MR) is 118 cm³/mol. The minimum atomic E-state index is -3.64. The number of pyridine rings is 1. The van der Waals surface area contributed by atoms with Crippen molar-refractivity contribution in [3.8, 4) is 0 Å². The second kappa shape index (κ2) is 8.44. The fourth-order valence-corrected chi connectivity index (χ4v) is 5.38. The molecule has 0 saturated heterocycles. The Bertz CT molecular complexity index is 1330. The number of hydrogen-bond donors (Lipinski definition) is 2. The van der Waals surface area contributed by atoms with Gasteiger partial charge in [0.2, 0.25) is 9.84 Å². The Balaban J connectivity index is 1.43. The fraction of sp³-hybridized carbons (Fsp3) is 0.200. The number of carbonyl (C=O) groups is 1. The highest BCUT2D eigenvalue weighted by Crippen LogP contribution is 2.30. The summed E-state index contributed by atoms with van der Waals surface area (Å²) in [5.41, 5.74) is 1.81. The lowest BCUT2D eigenvalue weighted by Crippen LogP contribution is -2.22. The van der Waals surface area contributed by atoms with Crippen LogP contribution in [0.5, 0.6) is 0 Å². The van der Waals surface area contributed by atoms with Crippen molar-refractivity contribution in [2.45, 2.75) is 22.6 Å². The molecule has 3 heterocycles. The molecule has 4 rings (SSSR count). The molecule has 2 N–H and O–H groups in total. The molecule has 0 unspecified atom stereocenters. The van der Waals surface area contributed by atoms with Crippen LogP contribution in [0.3, 0.4) is 0 Å². The number of nitrogens with one attached hydrogen (secondary N) is 2. The van der Waals surface area contributed by atoms with Crippen LogP contribution < -0.4 is 10.2 Å². The molecule has 31 heavy (non-hydrogen) atoms. The zero-order valence-corrected chi connectivity index (χ0v) is 18.5. The van der Waals surface area contributed by atoms with E-state index in [-0.39, 0.29) is 21.6 Å². The minimum Gasteiger partial charge on any atom is -0.351 e. The highest BCUT2D eigenvalue weighted by atomic mass is 32.2. The van der Waals surface area contributed by atoms with Gasteiger partial charge < -0.3 is 10.2 Å². The molecule has 0 aliphatic rings. The second-order valence-electron chi connectivity index (χ2n) is 6.84. The van der Waals surface area contributed by atoms with Crippen molar-refractivity contribution in [1.82, 2.24) is 25.5 Å². The lowest BCUT2D eigenvalue weighted by Gasteiger charge is -2.11. The van der Waals surface area contributed by atoms with E-state index in [4.69, 9.17) is 0 Å². The van der Waals surface area contributed by atoms with Gasteiger partial charge in [-0.3, -0.25) is 9.89 Å². The van der Waals surface area contributed by atoms with Crippen molar-refractivity contribution >= 4 is 43.2 Å². The number of nitrogens with zero attached hydrogens (tertiary/aromatic N) is 4. The third kappa shape index (κ3) is 4.28. The van der Waals surface area contributed by atoms with E-state index < -0.39 is 9.84 Å². The van der Waals surface area contributed by atoms with Gasteiger partial charge in [-0.25, -0.2) is 18.4 Å². The van der Waals surface area contributed by atoms with Crippen molar-refractivity contribution in [3.63, 3.8) is 0 Å². The number of anilines is 1. The average Bonchev–Trinajstić information content (AvgIpc) is 3.46. The monoisotopic (exact) mass is 456 g/mol. The van der Waals surface area contributed by atoms with Crippen molar-refractivity contribution < 1.29 is 13.2 Å². The first-order valence-electron chi connectivity index (χ1n) is 9.47. The van der Waals surface area contributed by atoms with Gasteiger partial charge in [-0.1, -0.05) is 23.5 Å². The summed E-state index contributed by atoms with van der Waals surface area (Å²) in [6, 6.07) is 8.16. The van der Waals surface area contributed by atoms with Crippen LogP contribution in [0.2, 0.25) is 0 Å². The summed E-state index contributed by atoms with van der Waals surface area (Å²) in [6.07, 6.45) is 4.47. The van der Waals surface area contributed by atoms with Crippen LogP contribution >= 0.6 is 11.3 Å². The summed E-state index contributed by atoms with van der Waals surface area (Å²) in [6.45, 7) is 2.97. The molecule has 11 heteroatoms. The summed E-state index contributed by atoms with van der Waals surface area (Å²) in [5.74, 6) is -0.274. The number of amides is 1. The first-order valence-corrected chi connectivity index (χ1v) is 11.8. The number of aromatic nitrogens is 4. The molecular weight excluding hydrogens is 436 g/mol. The molecule has 0 atom stereocenters. The van der Waals surface area contributed by atoms with Gasteiger partial charge in [0.05, 0.1) is 22.9 Å². The summed E-state index contributed by atoms with van der Waals surface area (Å²) in [7, 11) is -1.78. The Labute approximate surface area is 183 Å². The quantitative estimate of drug-likeness (QED) is 0.438. The van der Waals surface area contributed by atoms with Gasteiger partial charge in [0.15, 0.2) is 10.8 Å². The Morgan fingerprint density at radius 3 is 2.68 bits per heavy atom. The van der Waals surface area contributed by atoms with Crippen LogP contribution in [0.4, 0.5) is 5.13 Å². The molecule has 9 nitrogen and oxygen atoms in total. The van der Waals surface area contributed by atoms with E-state index in [1.54, 1.807) is 36.5 Å². The first-order chi connectivity index (χ1) is 14.9. The first kappa shape index (κ1) is 20.9. The van der Waals surface area contributed by atoms with Crippen LogP contribution in [-0.4, -0.2) is 48.1 Å². The van der Waals surface area contributed by atoms with E-state index in [9.17, 15) is 13.2 Å². The number of benzene rings is 1. The van der Waals surface area contributed by atoms with Gasteiger partial charge in [-0.15, -0.1) is 0 Å².